The number of carbonyl (C=O) groups is 7. The fourth-order valence-corrected chi connectivity index (χ4v) is 8.51. The average Bonchev–Trinajstić information content (AvgIpc) is 4.08. The number of nitrogens with one attached hydrogen (secondary N) is 6. The maximum absolute atomic E-state index is 14.7. The van der Waals surface area contributed by atoms with E-state index in [-0.39, 0.29) is 63.3 Å². The fourth-order valence-electron chi connectivity index (χ4n) is 8.51. The largest absolute Gasteiger partial charge is 0.508 e. The maximum atomic E-state index is 14.7. The molecule has 15 N–H and O–H groups in total. The zero-order chi connectivity index (χ0) is 52.3. The van der Waals surface area contributed by atoms with Gasteiger partial charge in [0.05, 0.1) is 25.0 Å². The normalized spacial score (nSPS) is 16.8. The van der Waals surface area contributed by atoms with Crippen molar-refractivity contribution in [2.24, 2.45) is 5.92 Å². The monoisotopic (exact) mass is 999 g/mol. The lowest BCUT2D eigenvalue weighted by Gasteiger charge is -2.30. The molecule has 72 heavy (non-hydrogen) atoms. The van der Waals surface area contributed by atoms with Crippen LogP contribution in [0.15, 0.2) is 97.5 Å². The van der Waals surface area contributed by atoms with Gasteiger partial charge in [0.15, 0.2) is 12.1 Å². The van der Waals surface area contributed by atoms with E-state index in [0.29, 0.717) is 23.2 Å². The van der Waals surface area contributed by atoms with E-state index < -0.39 is 102 Å². The zero-order valence-electron chi connectivity index (χ0n) is 40.9. The number of carbonyl (C=O) groups excluding carboxylic acids is 6. The number of hydrogen-bond donors (Lipinski definition) is 12. The molecule has 388 valence electrons. The number of phenolic OH excluding ortho intramolecular Hbond substituents is 1. The maximum Gasteiger partial charge on any atom is 0.326 e. The number of carboxylic acids is 1. The quantitative estimate of drug-likeness (QED) is 0.0304. The number of amides is 6. The second-order valence-corrected chi connectivity index (χ2v) is 18.8. The molecule has 3 aromatic carbocycles. The first-order valence-electron chi connectivity index (χ1n) is 24.3. The molecule has 1 saturated heterocycles. The van der Waals surface area contributed by atoms with Crippen molar-refractivity contribution >= 4 is 41.4 Å². The first-order chi connectivity index (χ1) is 34.4. The highest BCUT2D eigenvalue weighted by Gasteiger charge is 2.41. The van der Waals surface area contributed by atoms with Crippen LogP contribution in [-0.2, 0) is 59.2 Å². The van der Waals surface area contributed by atoms with Crippen LogP contribution in [0.3, 0.4) is 0 Å². The second-order valence-electron chi connectivity index (χ2n) is 18.8. The molecule has 1 aliphatic rings. The zero-order valence-corrected chi connectivity index (χ0v) is 40.9. The lowest BCUT2D eigenvalue weighted by atomic mass is 10.00. The van der Waals surface area contributed by atoms with Gasteiger partial charge in [0.1, 0.15) is 42.6 Å². The van der Waals surface area contributed by atoms with Crippen molar-refractivity contribution in [1.29, 1.82) is 0 Å². The van der Waals surface area contributed by atoms with Gasteiger partial charge in [-0.15, -0.1) is 0 Å². The number of H-pyrrole nitrogens is 1. The highest BCUT2D eigenvalue weighted by atomic mass is 16.4. The Kier molecular flexibility index (Phi) is 21.2. The van der Waals surface area contributed by atoms with Crippen LogP contribution in [-0.4, -0.2) is 151 Å². The first kappa shape index (κ1) is 55.7. The summed E-state index contributed by atoms with van der Waals surface area (Å²) in [5, 5.41) is 55.9. The third-order valence-electron chi connectivity index (χ3n) is 12.4. The minimum Gasteiger partial charge on any atom is -0.508 e. The molecule has 9 atom stereocenters. The van der Waals surface area contributed by atoms with Crippen LogP contribution in [0.2, 0.25) is 0 Å². The summed E-state index contributed by atoms with van der Waals surface area (Å²) >= 11 is 0. The van der Waals surface area contributed by atoms with Gasteiger partial charge in [-0.1, -0.05) is 86.6 Å². The number of carboxylic acid groups (broad SMARTS) is 1. The molecule has 5 rings (SSSR count). The smallest absolute Gasteiger partial charge is 0.326 e. The number of aliphatic carboxylic acids is 1. The van der Waals surface area contributed by atoms with E-state index in [9.17, 15) is 54.0 Å². The van der Waals surface area contributed by atoms with Crippen LogP contribution in [0, 0.1) is 5.92 Å². The highest BCUT2D eigenvalue weighted by Crippen LogP contribution is 2.20. The molecule has 0 aliphatic carbocycles. The Bertz CT molecular complexity index is 2390. The van der Waals surface area contributed by atoms with Crippen LogP contribution in [0.4, 0.5) is 0 Å². The minimum absolute atomic E-state index is 0.00349. The number of phenols is 1. The number of benzene rings is 3. The van der Waals surface area contributed by atoms with Crippen LogP contribution in [0.25, 0.3) is 0 Å². The fraction of sp³-hybridized carbons (Fsp3) is 0.451. The van der Waals surface area contributed by atoms with Crippen molar-refractivity contribution in [2.75, 3.05) is 19.7 Å². The minimum atomic E-state index is -1.47. The Hall–Kier alpha value is -7.20. The van der Waals surface area contributed by atoms with E-state index in [4.69, 9.17) is 0 Å². The molecule has 6 amide bonds. The average molecular weight is 999 g/mol. The Labute approximate surface area is 418 Å². The number of hydrogen-bond acceptors (Lipinski definition) is 11. The molecule has 1 aliphatic heterocycles. The number of likely N-dealkylation sites (tertiary alicyclic amines) is 1. The van der Waals surface area contributed by atoms with E-state index in [1.165, 1.54) is 31.6 Å². The van der Waals surface area contributed by atoms with Crippen molar-refractivity contribution in [3.05, 3.63) is 120 Å². The summed E-state index contributed by atoms with van der Waals surface area (Å²) in [6, 6.07) is 15.6. The molecule has 0 unspecified atom stereocenters. The van der Waals surface area contributed by atoms with Gasteiger partial charge in [0.25, 0.3) is 11.8 Å². The number of aromatic amines is 1. The van der Waals surface area contributed by atoms with E-state index in [2.05, 4.69) is 42.3 Å². The van der Waals surface area contributed by atoms with Gasteiger partial charge in [-0.25, -0.2) is 9.78 Å². The van der Waals surface area contributed by atoms with Crippen LogP contribution in [0.5, 0.6) is 5.75 Å². The molecule has 4 aromatic rings. The molecule has 0 bridgehead atoms. The van der Waals surface area contributed by atoms with Gasteiger partial charge in [0, 0.05) is 37.7 Å². The summed E-state index contributed by atoms with van der Waals surface area (Å²) in [5.74, 6) is -5.22. The van der Waals surface area contributed by atoms with E-state index in [1.807, 2.05) is 44.2 Å². The second kappa shape index (κ2) is 27.4. The highest BCUT2D eigenvalue weighted by molar-refractivity contribution is 5.95. The first-order valence-corrected chi connectivity index (χ1v) is 24.3. The third kappa shape index (κ3) is 17.0. The summed E-state index contributed by atoms with van der Waals surface area (Å²) in [6.07, 6.45) is 2.74. The van der Waals surface area contributed by atoms with Crippen molar-refractivity contribution < 1.29 is 65.0 Å². The number of nitrogens with two attached hydrogens (primary N) is 1. The molecule has 0 radical (unpaired) electrons. The van der Waals surface area contributed by atoms with Crippen molar-refractivity contribution in [3.63, 3.8) is 0 Å². The summed E-state index contributed by atoms with van der Waals surface area (Å²) in [7, 11) is 0. The number of aliphatic hydroxyl groups is 2. The third-order valence-corrected chi connectivity index (χ3v) is 12.4. The van der Waals surface area contributed by atoms with E-state index >= 15 is 0 Å². The van der Waals surface area contributed by atoms with Crippen LogP contribution < -0.4 is 37.6 Å². The van der Waals surface area contributed by atoms with E-state index in [1.54, 1.807) is 47.8 Å². The molecule has 21 nitrogen and oxygen atoms in total. The Balaban J connectivity index is 1.42. The summed E-state index contributed by atoms with van der Waals surface area (Å²) in [6.45, 7) is 4.74. The molecule has 0 saturated carbocycles. The van der Waals surface area contributed by atoms with Gasteiger partial charge in [0.2, 0.25) is 23.6 Å². The Morgan fingerprint density at radius 2 is 1.31 bits per heavy atom. The Morgan fingerprint density at radius 1 is 0.736 bits per heavy atom. The SMILES string of the molecule is CC(C)C[C@H](NC(=O)[C@@H]([NH3+])CO)C(=O)N[C@@H](Cc1ccccc1)C(=O)N[C@@H](Cc1cnc[nH]1)C(=O)N[C@H](C[NH2+][C@@H](Cc1ccc(O)cc1)C(=O)N[C@H](C(=O)N1CCC[C@H]1C(=O)O)[C@@H](C)O)Cc1ccccc1. The van der Waals surface area contributed by atoms with Gasteiger partial charge >= 0.3 is 5.97 Å². The summed E-state index contributed by atoms with van der Waals surface area (Å²) in [4.78, 5) is 104. The van der Waals surface area contributed by atoms with Crippen molar-refractivity contribution in [2.45, 2.75) is 120 Å². The van der Waals surface area contributed by atoms with Crippen LogP contribution in [0.1, 0.15) is 62.4 Å². The van der Waals surface area contributed by atoms with Gasteiger partial charge in [-0.05, 0) is 67.3 Å². The summed E-state index contributed by atoms with van der Waals surface area (Å²) < 4.78 is 0. The van der Waals surface area contributed by atoms with E-state index in [0.717, 1.165) is 10.5 Å². The predicted octanol–water partition coefficient (Wildman–Crippen LogP) is -2.15. The molecule has 2 heterocycles. The number of nitrogens with zero attached hydrogens (tertiary/aromatic N) is 2. The Morgan fingerprint density at radius 3 is 1.88 bits per heavy atom. The van der Waals surface area contributed by atoms with Gasteiger partial charge in [-0.2, -0.15) is 0 Å². The van der Waals surface area contributed by atoms with Crippen LogP contribution >= 0.6 is 0 Å². The van der Waals surface area contributed by atoms with Crippen molar-refractivity contribution in [3.8, 4) is 5.75 Å². The molecule has 1 fully saturated rings. The number of aromatic hydroxyl groups is 1. The van der Waals surface area contributed by atoms with Crippen molar-refractivity contribution in [1.82, 2.24) is 41.5 Å². The number of rotatable bonds is 27. The number of quaternary nitrogens is 2. The molecular weight excluding hydrogens is 929 g/mol. The lowest BCUT2D eigenvalue weighted by molar-refractivity contribution is -0.678. The molecule has 21 heteroatoms. The number of aromatic nitrogens is 2. The predicted molar refractivity (Wildman–Crippen MR) is 262 cm³/mol. The lowest BCUT2D eigenvalue weighted by Crippen LogP contribution is -2.95. The number of aliphatic hydroxyl groups excluding tert-OH is 2. The standard InChI is InChI=1S/C51H68N10O11/c1-30(2)21-40(57-45(65)38(52)28-62)48(68)58-41(24-33-13-8-5-9-14-33)49(69)59-42(25-35-26-53-29-55-35)47(67)56-36(22-32-11-6-4-7-12-32)27-54-39(23-34-16-18-37(64)19-17-34)46(66)60-44(31(3)63)50(70)61-20-10-15-43(61)51(71)72/h4-9,11-14,16-19,26,29-31,36,38-44,54,62-64H,10,15,20-25,27-28,52H2,1-3H3,(H,53,55)(H,56,67)(H,57,65)(H,58,68)(H,59,69)(H,60,66)(H,71,72)/p+2/t31-,36+,38+,39+,40+,41+,42+,43+,44+/m1/s1. The molecule has 0 spiro atoms. The molecule has 1 aromatic heterocycles. The van der Waals surface area contributed by atoms with Gasteiger partial charge < -0.3 is 67.9 Å². The summed E-state index contributed by atoms with van der Waals surface area (Å²) in [5.41, 5.74) is 6.32. The molecular formula is C51H70N10O11+2. The number of imidazole rings is 1. The topological polar surface area (TPSA) is 337 Å². The van der Waals surface area contributed by atoms with Gasteiger partial charge in [-0.3, -0.25) is 28.8 Å².